The maximum absolute atomic E-state index is 11.3. The maximum atomic E-state index is 11.3. The van der Waals surface area contributed by atoms with Crippen LogP contribution in [0.25, 0.3) is 0 Å². The van der Waals surface area contributed by atoms with Crippen molar-refractivity contribution in [1.82, 2.24) is 5.32 Å². The molecule has 0 aliphatic heterocycles. The molecule has 0 spiro atoms. The minimum Gasteiger partial charge on any atom is -0.456 e. The number of hydrogen-bond acceptors (Lipinski definition) is 7. The second-order valence-corrected chi connectivity index (χ2v) is 4.83. The second-order valence-electron chi connectivity index (χ2n) is 4.83. The Kier molecular flexibility index (Phi) is 6.09. The fourth-order valence-electron chi connectivity index (χ4n) is 2.16. The van der Waals surface area contributed by atoms with E-state index in [1.165, 1.54) is 39.8 Å². The molecule has 8 nitrogen and oxygen atoms in total. The molecule has 1 N–H and O–H groups in total. The highest BCUT2D eigenvalue weighted by atomic mass is 16.6. The van der Waals surface area contributed by atoms with E-state index in [1.54, 1.807) is 0 Å². The number of carbonyl (C=O) groups is 4. The molecule has 0 heterocycles. The van der Waals surface area contributed by atoms with Gasteiger partial charge in [-0.3, -0.25) is 19.2 Å². The molecule has 1 amide bonds. The first kappa shape index (κ1) is 17.7. The van der Waals surface area contributed by atoms with Crippen LogP contribution >= 0.6 is 0 Å². The summed E-state index contributed by atoms with van der Waals surface area (Å²) in [5.74, 6) is -2.17. The summed E-state index contributed by atoms with van der Waals surface area (Å²) in [4.78, 5) is 45.0. The number of nitrogens with one attached hydrogen (secondary N) is 1. The van der Waals surface area contributed by atoms with E-state index in [9.17, 15) is 19.2 Å². The van der Waals surface area contributed by atoms with Gasteiger partial charge in [-0.2, -0.15) is 0 Å². The Balaban J connectivity index is 3.11. The number of rotatable bonds is 4. The lowest BCUT2D eigenvalue weighted by molar-refractivity contribution is -0.182. The highest BCUT2D eigenvalue weighted by Gasteiger charge is 2.43. The smallest absolute Gasteiger partial charge is 0.303 e. The van der Waals surface area contributed by atoms with E-state index in [1.807, 2.05) is 0 Å². The summed E-state index contributed by atoms with van der Waals surface area (Å²) in [5, 5.41) is 2.58. The van der Waals surface area contributed by atoms with Crippen LogP contribution in [-0.2, 0) is 33.4 Å². The third-order valence-electron chi connectivity index (χ3n) is 2.79. The zero-order chi connectivity index (χ0) is 16.9. The number of amides is 1. The van der Waals surface area contributed by atoms with Gasteiger partial charge in [0, 0.05) is 27.7 Å². The van der Waals surface area contributed by atoms with Gasteiger partial charge in [-0.15, -0.1) is 0 Å². The molecular weight excluding hydrogens is 294 g/mol. The predicted molar refractivity (Wildman–Crippen MR) is 73.4 cm³/mol. The van der Waals surface area contributed by atoms with Crippen molar-refractivity contribution < 1.29 is 33.4 Å². The molecule has 0 bridgehead atoms. The molecule has 0 saturated carbocycles. The molecular formula is C14H19NO7. The summed E-state index contributed by atoms with van der Waals surface area (Å²) in [6.07, 6.45) is 0.0562. The summed E-state index contributed by atoms with van der Waals surface area (Å²) in [6, 6.07) is -0.697. The lowest BCUT2D eigenvalue weighted by Gasteiger charge is -2.37. The van der Waals surface area contributed by atoms with E-state index < -0.39 is 42.3 Å². The van der Waals surface area contributed by atoms with Crippen LogP contribution in [-0.4, -0.2) is 48.2 Å². The van der Waals surface area contributed by atoms with E-state index in [-0.39, 0.29) is 5.91 Å². The van der Waals surface area contributed by atoms with Gasteiger partial charge in [0.15, 0.2) is 18.3 Å². The Bertz CT molecular complexity index is 455. The molecule has 0 aromatic carbocycles. The molecule has 4 unspecified atom stereocenters. The van der Waals surface area contributed by atoms with Gasteiger partial charge in [-0.05, 0) is 6.08 Å². The molecule has 0 saturated heterocycles. The number of esters is 3. The SMILES string of the molecule is CC(=O)NC1C=CC(OC(C)=O)C(OC(C)=O)C1OC(C)=O. The second kappa shape index (κ2) is 7.58. The van der Waals surface area contributed by atoms with Gasteiger partial charge in [0.25, 0.3) is 0 Å². The minimum atomic E-state index is -1.05. The standard InChI is InChI=1S/C14H19NO7/c1-7(16)15-11-5-6-12(20-8(2)17)14(22-10(4)19)13(11)21-9(3)18/h5-6,11-14H,1-4H3,(H,15,16). The summed E-state index contributed by atoms with van der Waals surface area (Å²) < 4.78 is 15.4. The quantitative estimate of drug-likeness (QED) is 0.437. The first-order valence-electron chi connectivity index (χ1n) is 6.67. The maximum Gasteiger partial charge on any atom is 0.303 e. The van der Waals surface area contributed by atoms with Gasteiger partial charge < -0.3 is 19.5 Å². The fourth-order valence-corrected chi connectivity index (χ4v) is 2.16. The van der Waals surface area contributed by atoms with E-state index in [4.69, 9.17) is 14.2 Å². The van der Waals surface area contributed by atoms with Crippen molar-refractivity contribution >= 4 is 23.8 Å². The fraction of sp³-hybridized carbons (Fsp3) is 0.571. The van der Waals surface area contributed by atoms with Crippen LogP contribution in [0.5, 0.6) is 0 Å². The van der Waals surface area contributed by atoms with Crippen molar-refractivity contribution in [2.24, 2.45) is 0 Å². The Morgan fingerprint density at radius 1 is 0.773 bits per heavy atom. The van der Waals surface area contributed by atoms with Gasteiger partial charge in [-0.25, -0.2) is 0 Å². The summed E-state index contributed by atoms with van der Waals surface area (Å²) in [6.45, 7) is 4.88. The molecule has 1 aliphatic rings. The Morgan fingerprint density at radius 2 is 1.27 bits per heavy atom. The van der Waals surface area contributed by atoms with Crippen LogP contribution in [0, 0.1) is 0 Å². The van der Waals surface area contributed by atoms with Crippen LogP contribution in [0.1, 0.15) is 27.7 Å². The molecule has 0 fully saturated rings. The molecule has 22 heavy (non-hydrogen) atoms. The van der Waals surface area contributed by atoms with Crippen molar-refractivity contribution in [3.63, 3.8) is 0 Å². The lowest BCUT2D eigenvalue weighted by Crippen LogP contribution is -2.56. The topological polar surface area (TPSA) is 108 Å². The average Bonchev–Trinajstić information content (AvgIpc) is 2.34. The van der Waals surface area contributed by atoms with Crippen LogP contribution in [0.15, 0.2) is 12.2 Å². The van der Waals surface area contributed by atoms with Gasteiger partial charge in [0.05, 0.1) is 6.04 Å². The van der Waals surface area contributed by atoms with Crippen LogP contribution in [0.3, 0.4) is 0 Å². The van der Waals surface area contributed by atoms with Gasteiger partial charge in [0.1, 0.15) is 0 Å². The molecule has 4 atom stereocenters. The highest BCUT2D eigenvalue weighted by molar-refractivity contribution is 5.74. The third kappa shape index (κ3) is 5.19. The van der Waals surface area contributed by atoms with Crippen LogP contribution < -0.4 is 5.32 Å². The van der Waals surface area contributed by atoms with E-state index in [0.717, 1.165) is 0 Å². The van der Waals surface area contributed by atoms with Gasteiger partial charge in [0.2, 0.25) is 5.91 Å². The molecule has 122 valence electrons. The Morgan fingerprint density at radius 3 is 1.73 bits per heavy atom. The van der Waals surface area contributed by atoms with Crippen molar-refractivity contribution in [3.05, 3.63) is 12.2 Å². The molecule has 0 aromatic heterocycles. The molecule has 0 radical (unpaired) electrons. The Hall–Kier alpha value is -2.38. The van der Waals surface area contributed by atoms with Gasteiger partial charge >= 0.3 is 17.9 Å². The van der Waals surface area contributed by atoms with Gasteiger partial charge in [-0.1, -0.05) is 6.08 Å². The first-order chi connectivity index (χ1) is 10.2. The summed E-state index contributed by atoms with van der Waals surface area (Å²) in [7, 11) is 0. The number of carbonyl (C=O) groups excluding carboxylic acids is 4. The van der Waals surface area contributed by atoms with E-state index >= 15 is 0 Å². The highest BCUT2D eigenvalue weighted by Crippen LogP contribution is 2.23. The van der Waals surface area contributed by atoms with E-state index in [2.05, 4.69) is 5.32 Å². The van der Waals surface area contributed by atoms with E-state index in [0.29, 0.717) is 0 Å². The zero-order valence-electron chi connectivity index (χ0n) is 12.8. The van der Waals surface area contributed by atoms with Crippen molar-refractivity contribution in [2.45, 2.75) is 52.0 Å². The molecule has 8 heteroatoms. The van der Waals surface area contributed by atoms with Crippen molar-refractivity contribution in [2.75, 3.05) is 0 Å². The Labute approximate surface area is 127 Å². The monoisotopic (exact) mass is 313 g/mol. The molecule has 1 aliphatic carbocycles. The first-order valence-corrected chi connectivity index (χ1v) is 6.67. The predicted octanol–water partition coefficient (Wildman–Crippen LogP) is -0.144. The zero-order valence-corrected chi connectivity index (χ0v) is 12.8. The summed E-state index contributed by atoms with van der Waals surface area (Å²) in [5.41, 5.74) is 0. The minimum absolute atomic E-state index is 0.348. The average molecular weight is 313 g/mol. The third-order valence-corrected chi connectivity index (χ3v) is 2.79. The van der Waals surface area contributed by atoms with Crippen molar-refractivity contribution in [1.29, 1.82) is 0 Å². The number of ether oxygens (including phenoxy) is 3. The lowest BCUT2D eigenvalue weighted by atomic mass is 9.93. The van der Waals surface area contributed by atoms with Crippen LogP contribution in [0.4, 0.5) is 0 Å². The summed E-state index contributed by atoms with van der Waals surface area (Å²) >= 11 is 0. The molecule has 1 rings (SSSR count). The van der Waals surface area contributed by atoms with Crippen LogP contribution in [0.2, 0.25) is 0 Å². The number of hydrogen-bond donors (Lipinski definition) is 1. The normalized spacial score (nSPS) is 26.7. The molecule has 0 aromatic rings. The van der Waals surface area contributed by atoms with Crippen molar-refractivity contribution in [3.8, 4) is 0 Å². The largest absolute Gasteiger partial charge is 0.456 e.